The Balaban J connectivity index is 2.77. The van der Waals surface area contributed by atoms with Gasteiger partial charge in [0.1, 0.15) is 6.29 Å². The SMILES string of the molecule is CC(=CC=C/C(C)=C/C=O)C(O)CC1=C(C)CCCC1(C)C. The second-order valence-electron chi connectivity index (χ2n) is 7.03. The highest BCUT2D eigenvalue weighted by Crippen LogP contribution is 2.42. The van der Waals surface area contributed by atoms with E-state index in [9.17, 15) is 9.90 Å². The number of aldehydes is 1. The minimum Gasteiger partial charge on any atom is -0.388 e. The van der Waals surface area contributed by atoms with Crippen molar-refractivity contribution in [2.45, 2.75) is 66.4 Å². The first kappa shape index (κ1) is 18.6. The Morgan fingerprint density at radius 1 is 1.32 bits per heavy atom. The Morgan fingerprint density at radius 3 is 2.59 bits per heavy atom. The Kier molecular flexibility index (Phi) is 7.02. The number of aliphatic hydroxyl groups is 1. The fourth-order valence-electron chi connectivity index (χ4n) is 3.11. The third-order valence-electron chi connectivity index (χ3n) is 4.66. The summed E-state index contributed by atoms with van der Waals surface area (Å²) in [5.74, 6) is 0. The zero-order valence-electron chi connectivity index (χ0n) is 14.6. The molecule has 0 saturated carbocycles. The van der Waals surface area contributed by atoms with E-state index < -0.39 is 6.10 Å². The van der Waals surface area contributed by atoms with Crippen molar-refractivity contribution in [1.82, 2.24) is 0 Å². The van der Waals surface area contributed by atoms with E-state index in [4.69, 9.17) is 0 Å². The molecule has 1 unspecified atom stereocenters. The summed E-state index contributed by atoms with van der Waals surface area (Å²) in [7, 11) is 0. The molecule has 0 heterocycles. The van der Waals surface area contributed by atoms with Crippen molar-refractivity contribution in [3.63, 3.8) is 0 Å². The van der Waals surface area contributed by atoms with E-state index in [-0.39, 0.29) is 5.41 Å². The Labute approximate surface area is 135 Å². The van der Waals surface area contributed by atoms with Crippen LogP contribution in [-0.4, -0.2) is 17.5 Å². The molecular weight excluding hydrogens is 272 g/mol. The molecule has 0 radical (unpaired) electrons. The monoisotopic (exact) mass is 302 g/mol. The molecule has 1 rings (SSSR count). The van der Waals surface area contributed by atoms with Gasteiger partial charge in [0.15, 0.2) is 0 Å². The molecule has 1 atom stereocenters. The fourth-order valence-corrected chi connectivity index (χ4v) is 3.11. The van der Waals surface area contributed by atoms with Crippen LogP contribution in [0.25, 0.3) is 0 Å². The Bertz CT molecular complexity index is 516. The van der Waals surface area contributed by atoms with Crippen LogP contribution >= 0.6 is 0 Å². The highest BCUT2D eigenvalue weighted by molar-refractivity contribution is 5.66. The standard InChI is InChI=1S/C20H30O2/c1-15(11-13-21)8-6-9-17(3)19(22)14-18-16(2)10-7-12-20(18,4)5/h6,8-9,11,13,19,22H,7,10,12,14H2,1-5H3/b8-6?,15-11+,17-9?. The number of aliphatic hydroxyl groups excluding tert-OH is 1. The van der Waals surface area contributed by atoms with E-state index in [1.165, 1.54) is 30.1 Å². The Hall–Kier alpha value is -1.41. The van der Waals surface area contributed by atoms with Crippen LogP contribution in [-0.2, 0) is 4.79 Å². The summed E-state index contributed by atoms with van der Waals surface area (Å²) in [6.07, 6.45) is 11.9. The maximum atomic E-state index is 10.5. The number of carbonyl (C=O) groups excluding carboxylic acids is 1. The van der Waals surface area contributed by atoms with Gasteiger partial charge in [0.2, 0.25) is 0 Å². The molecule has 0 saturated heterocycles. The van der Waals surface area contributed by atoms with Crippen molar-refractivity contribution < 1.29 is 9.90 Å². The molecule has 0 aromatic carbocycles. The summed E-state index contributed by atoms with van der Waals surface area (Å²) in [6.45, 7) is 10.6. The maximum Gasteiger partial charge on any atom is 0.143 e. The lowest BCUT2D eigenvalue weighted by Crippen LogP contribution is -2.24. The van der Waals surface area contributed by atoms with Gasteiger partial charge in [0, 0.05) is 0 Å². The molecule has 1 aliphatic rings. The van der Waals surface area contributed by atoms with Crippen molar-refractivity contribution in [2.75, 3.05) is 0 Å². The highest BCUT2D eigenvalue weighted by atomic mass is 16.3. The first-order chi connectivity index (χ1) is 10.3. The molecule has 22 heavy (non-hydrogen) atoms. The molecule has 0 aromatic rings. The molecule has 0 aromatic heterocycles. The van der Waals surface area contributed by atoms with Crippen LogP contribution in [0.5, 0.6) is 0 Å². The molecule has 0 spiro atoms. The van der Waals surface area contributed by atoms with Crippen LogP contribution < -0.4 is 0 Å². The molecule has 1 aliphatic carbocycles. The average Bonchev–Trinajstić information content (AvgIpc) is 2.42. The zero-order chi connectivity index (χ0) is 16.8. The van der Waals surface area contributed by atoms with Gasteiger partial charge in [0.25, 0.3) is 0 Å². The molecule has 2 nitrogen and oxygen atoms in total. The van der Waals surface area contributed by atoms with Gasteiger partial charge in [-0.1, -0.05) is 43.2 Å². The first-order valence-electron chi connectivity index (χ1n) is 8.12. The van der Waals surface area contributed by atoms with Gasteiger partial charge < -0.3 is 5.11 Å². The van der Waals surface area contributed by atoms with Crippen LogP contribution in [0.1, 0.15) is 60.3 Å². The summed E-state index contributed by atoms with van der Waals surface area (Å²) < 4.78 is 0. The van der Waals surface area contributed by atoms with Gasteiger partial charge in [-0.25, -0.2) is 0 Å². The predicted octanol–water partition coefficient (Wildman–Crippen LogP) is 4.91. The van der Waals surface area contributed by atoms with Crippen LogP contribution in [0, 0.1) is 5.41 Å². The van der Waals surface area contributed by atoms with E-state index in [1.807, 2.05) is 32.1 Å². The van der Waals surface area contributed by atoms with Gasteiger partial charge in [-0.3, -0.25) is 4.79 Å². The number of allylic oxidation sites excluding steroid dienone is 6. The second kappa shape index (κ2) is 8.28. The number of rotatable bonds is 6. The quantitative estimate of drug-likeness (QED) is 0.327. The predicted molar refractivity (Wildman–Crippen MR) is 93.7 cm³/mol. The van der Waals surface area contributed by atoms with Crippen molar-refractivity contribution in [3.8, 4) is 0 Å². The molecule has 0 fully saturated rings. The average molecular weight is 302 g/mol. The van der Waals surface area contributed by atoms with Crippen LogP contribution in [0.4, 0.5) is 0 Å². The van der Waals surface area contributed by atoms with E-state index in [0.717, 1.165) is 30.3 Å². The summed E-state index contributed by atoms with van der Waals surface area (Å²) in [5.41, 5.74) is 4.92. The third-order valence-corrected chi connectivity index (χ3v) is 4.66. The number of hydrogen-bond acceptors (Lipinski definition) is 2. The lowest BCUT2D eigenvalue weighted by Gasteiger charge is -2.35. The summed E-state index contributed by atoms with van der Waals surface area (Å²) in [4.78, 5) is 10.4. The maximum absolute atomic E-state index is 10.5. The lowest BCUT2D eigenvalue weighted by molar-refractivity contribution is -0.104. The first-order valence-corrected chi connectivity index (χ1v) is 8.12. The van der Waals surface area contributed by atoms with Gasteiger partial charge in [0.05, 0.1) is 6.10 Å². The van der Waals surface area contributed by atoms with E-state index in [0.29, 0.717) is 0 Å². The van der Waals surface area contributed by atoms with E-state index in [2.05, 4.69) is 20.8 Å². The molecule has 0 amide bonds. The van der Waals surface area contributed by atoms with Gasteiger partial charge >= 0.3 is 0 Å². The number of hydrogen-bond donors (Lipinski definition) is 1. The van der Waals surface area contributed by atoms with E-state index >= 15 is 0 Å². The van der Waals surface area contributed by atoms with Crippen molar-refractivity contribution >= 4 is 6.29 Å². The smallest absolute Gasteiger partial charge is 0.143 e. The molecule has 0 aliphatic heterocycles. The minimum atomic E-state index is -0.442. The summed E-state index contributed by atoms with van der Waals surface area (Å²) in [5, 5.41) is 10.5. The van der Waals surface area contributed by atoms with Crippen molar-refractivity contribution in [1.29, 1.82) is 0 Å². The van der Waals surface area contributed by atoms with Gasteiger partial charge in [-0.15, -0.1) is 0 Å². The van der Waals surface area contributed by atoms with Crippen LogP contribution in [0.3, 0.4) is 0 Å². The fraction of sp³-hybridized carbons (Fsp3) is 0.550. The lowest BCUT2D eigenvalue weighted by atomic mass is 9.70. The summed E-state index contributed by atoms with van der Waals surface area (Å²) >= 11 is 0. The normalized spacial score (nSPS) is 21.4. The van der Waals surface area contributed by atoms with Gasteiger partial charge in [-0.2, -0.15) is 0 Å². The Morgan fingerprint density at radius 2 is 2.00 bits per heavy atom. The number of carbonyl (C=O) groups is 1. The minimum absolute atomic E-state index is 0.197. The molecule has 2 heteroatoms. The van der Waals surface area contributed by atoms with Crippen LogP contribution in [0.2, 0.25) is 0 Å². The van der Waals surface area contributed by atoms with Crippen molar-refractivity contribution in [3.05, 3.63) is 46.6 Å². The third kappa shape index (κ3) is 5.42. The van der Waals surface area contributed by atoms with Crippen molar-refractivity contribution in [2.24, 2.45) is 5.41 Å². The highest BCUT2D eigenvalue weighted by Gasteiger charge is 2.29. The van der Waals surface area contributed by atoms with E-state index in [1.54, 1.807) is 0 Å². The molecule has 1 N–H and O–H groups in total. The zero-order valence-corrected chi connectivity index (χ0v) is 14.6. The topological polar surface area (TPSA) is 37.3 Å². The van der Waals surface area contributed by atoms with Gasteiger partial charge in [-0.05, 0) is 69.1 Å². The van der Waals surface area contributed by atoms with Crippen LogP contribution in [0.15, 0.2) is 46.6 Å². The largest absolute Gasteiger partial charge is 0.388 e. The molecule has 122 valence electrons. The second-order valence-corrected chi connectivity index (χ2v) is 7.03. The summed E-state index contributed by atoms with van der Waals surface area (Å²) in [6, 6.07) is 0. The molecule has 0 bridgehead atoms. The molecular formula is C20H30O2.